The van der Waals surface area contributed by atoms with Crippen molar-refractivity contribution in [1.82, 2.24) is 0 Å². The second-order valence-corrected chi connectivity index (χ2v) is 3.12. The molecule has 0 aromatic carbocycles. The van der Waals surface area contributed by atoms with Crippen LogP contribution in [0.5, 0.6) is 0 Å². The Morgan fingerprint density at radius 2 is 2.20 bits per heavy atom. The lowest BCUT2D eigenvalue weighted by Gasteiger charge is -2.11. The van der Waals surface area contributed by atoms with Crippen molar-refractivity contribution in [2.75, 3.05) is 0 Å². The molecule has 0 aliphatic heterocycles. The predicted molar refractivity (Wildman–Crippen MR) is 39.2 cm³/mol. The van der Waals surface area contributed by atoms with E-state index in [1.165, 1.54) is 12.8 Å². The Hall–Kier alpha value is -0.590. The van der Waals surface area contributed by atoms with Gasteiger partial charge < -0.3 is 0 Å². The van der Waals surface area contributed by atoms with E-state index in [9.17, 15) is 4.39 Å². The van der Waals surface area contributed by atoms with Crippen LogP contribution in [0.2, 0.25) is 0 Å². The van der Waals surface area contributed by atoms with Crippen LogP contribution in [0.1, 0.15) is 19.3 Å². The summed E-state index contributed by atoms with van der Waals surface area (Å²) in [4.78, 5) is 0. The molecule has 0 spiro atoms. The minimum atomic E-state index is 0.102. The molecule has 0 bridgehead atoms. The van der Waals surface area contributed by atoms with Gasteiger partial charge in [0.15, 0.2) is 0 Å². The normalized spacial score (nSPS) is 32.1. The summed E-state index contributed by atoms with van der Waals surface area (Å²) < 4.78 is 12.9. The standard InChI is InChI=1S/C9H11F/c10-9-4-2-1-3-8(9)7-5-6-7/h1,3-4,7-8H,2,5-6H2. The summed E-state index contributed by atoms with van der Waals surface area (Å²) in [7, 11) is 0. The SMILES string of the molecule is FC1=CCC=CC1C1CC1. The van der Waals surface area contributed by atoms with Crippen LogP contribution in [0, 0.1) is 11.8 Å². The molecule has 54 valence electrons. The van der Waals surface area contributed by atoms with Gasteiger partial charge in [-0.05, 0) is 31.3 Å². The maximum Gasteiger partial charge on any atom is 0.103 e. The Balaban J connectivity index is 2.10. The van der Waals surface area contributed by atoms with Gasteiger partial charge in [0.1, 0.15) is 5.83 Å². The highest BCUT2D eigenvalue weighted by Gasteiger charge is 2.32. The predicted octanol–water partition coefficient (Wildman–Crippen LogP) is 2.83. The van der Waals surface area contributed by atoms with Crippen molar-refractivity contribution in [1.29, 1.82) is 0 Å². The summed E-state index contributed by atoms with van der Waals surface area (Å²) in [6.07, 6.45) is 9.00. The molecule has 0 N–H and O–H groups in total. The van der Waals surface area contributed by atoms with E-state index in [4.69, 9.17) is 0 Å². The molecule has 0 heterocycles. The third-order valence-corrected chi connectivity index (χ3v) is 2.24. The Morgan fingerprint density at radius 1 is 1.40 bits per heavy atom. The second kappa shape index (κ2) is 2.22. The first-order valence-electron chi connectivity index (χ1n) is 3.90. The summed E-state index contributed by atoms with van der Waals surface area (Å²) >= 11 is 0. The molecule has 1 unspecified atom stereocenters. The molecule has 1 atom stereocenters. The third kappa shape index (κ3) is 1.00. The van der Waals surface area contributed by atoms with Crippen molar-refractivity contribution in [3.63, 3.8) is 0 Å². The number of halogens is 1. The first-order valence-corrected chi connectivity index (χ1v) is 3.90. The average Bonchev–Trinajstić information content (AvgIpc) is 2.71. The van der Waals surface area contributed by atoms with Gasteiger partial charge in [0, 0.05) is 5.92 Å². The Bertz CT molecular complexity index is 187. The van der Waals surface area contributed by atoms with Crippen molar-refractivity contribution >= 4 is 0 Å². The van der Waals surface area contributed by atoms with E-state index in [-0.39, 0.29) is 11.7 Å². The van der Waals surface area contributed by atoms with Crippen LogP contribution >= 0.6 is 0 Å². The number of hydrogen-bond acceptors (Lipinski definition) is 0. The zero-order valence-electron chi connectivity index (χ0n) is 5.89. The van der Waals surface area contributed by atoms with Gasteiger partial charge in [0.25, 0.3) is 0 Å². The third-order valence-electron chi connectivity index (χ3n) is 2.24. The summed E-state index contributed by atoms with van der Waals surface area (Å²) in [6.45, 7) is 0. The van der Waals surface area contributed by atoms with Crippen molar-refractivity contribution in [2.24, 2.45) is 11.8 Å². The van der Waals surface area contributed by atoms with Crippen molar-refractivity contribution in [3.8, 4) is 0 Å². The van der Waals surface area contributed by atoms with Gasteiger partial charge in [-0.2, -0.15) is 0 Å². The van der Waals surface area contributed by atoms with Crippen molar-refractivity contribution in [2.45, 2.75) is 19.3 Å². The van der Waals surface area contributed by atoms with E-state index in [2.05, 4.69) is 6.08 Å². The van der Waals surface area contributed by atoms with Gasteiger partial charge in [-0.25, -0.2) is 4.39 Å². The van der Waals surface area contributed by atoms with E-state index in [1.807, 2.05) is 6.08 Å². The monoisotopic (exact) mass is 138 g/mol. The molecule has 0 saturated heterocycles. The Labute approximate surface area is 60.4 Å². The molecule has 0 aromatic rings. The summed E-state index contributed by atoms with van der Waals surface area (Å²) in [5, 5.41) is 0. The minimum Gasteiger partial charge on any atom is -0.212 e. The van der Waals surface area contributed by atoms with Crippen molar-refractivity contribution in [3.05, 3.63) is 24.1 Å². The Kier molecular flexibility index (Phi) is 1.37. The largest absolute Gasteiger partial charge is 0.212 e. The lowest BCUT2D eigenvalue weighted by atomic mass is 9.97. The lowest BCUT2D eigenvalue weighted by molar-refractivity contribution is 0.479. The summed E-state index contributed by atoms with van der Waals surface area (Å²) in [5.41, 5.74) is 0. The van der Waals surface area contributed by atoms with Gasteiger partial charge in [0.05, 0.1) is 0 Å². The van der Waals surface area contributed by atoms with Crippen LogP contribution in [0.3, 0.4) is 0 Å². The van der Waals surface area contributed by atoms with Gasteiger partial charge in [-0.1, -0.05) is 12.2 Å². The lowest BCUT2D eigenvalue weighted by Crippen LogP contribution is -2.02. The van der Waals surface area contributed by atoms with E-state index < -0.39 is 0 Å². The van der Waals surface area contributed by atoms with Crippen molar-refractivity contribution < 1.29 is 4.39 Å². The molecule has 0 amide bonds. The highest BCUT2D eigenvalue weighted by Crippen LogP contribution is 2.42. The van der Waals surface area contributed by atoms with Crippen LogP contribution in [0.25, 0.3) is 0 Å². The first kappa shape index (κ1) is 6.14. The smallest absolute Gasteiger partial charge is 0.103 e. The molecular weight excluding hydrogens is 127 g/mol. The van der Waals surface area contributed by atoms with Gasteiger partial charge in [-0.3, -0.25) is 0 Å². The van der Waals surface area contributed by atoms with E-state index >= 15 is 0 Å². The van der Waals surface area contributed by atoms with E-state index in [0.717, 1.165) is 6.42 Å². The molecule has 10 heavy (non-hydrogen) atoms. The molecule has 0 nitrogen and oxygen atoms in total. The molecule has 2 rings (SSSR count). The van der Waals surface area contributed by atoms with Crippen LogP contribution in [0.4, 0.5) is 4.39 Å². The second-order valence-electron chi connectivity index (χ2n) is 3.12. The van der Waals surface area contributed by atoms with Crippen LogP contribution in [0.15, 0.2) is 24.1 Å². The van der Waals surface area contributed by atoms with Crippen LogP contribution in [-0.4, -0.2) is 0 Å². The number of allylic oxidation sites excluding steroid dienone is 4. The fourth-order valence-corrected chi connectivity index (χ4v) is 1.47. The molecule has 0 radical (unpaired) electrons. The molecule has 1 heteroatoms. The zero-order chi connectivity index (χ0) is 6.97. The highest BCUT2D eigenvalue weighted by atomic mass is 19.1. The van der Waals surface area contributed by atoms with Crippen LogP contribution < -0.4 is 0 Å². The maximum absolute atomic E-state index is 12.9. The minimum absolute atomic E-state index is 0.102. The molecule has 1 fully saturated rings. The zero-order valence-corrected chi connectivity index (χ0v) is 5.89. The first-order chi connectivity index (χ1) is 4.88. The molecule has 2 aliphatic rings. The van der Waals surface area contributed by atoms with Gasteiger partial charge >= 0.3 is 0 Å². The molecule has 0 aromatic heterocycles. The summed E-state index contributed by atoms with van der Waals surface area (Å²) in [5.74, 6) is 0.881. The van der Waals surface area contributed by atoms with E-state index in [0.29, 0.717) is 5.92 Å². The highest BCUT2D eigenvalue weighted by molar-refractivity contribution is 5.17. The fourth-order valence-electron chi connectivity index (χ4n) is 1.47. The fraction of sp³-hybridized carbons (Fsp3) is 0.556. The average molecular weight is 138 g/mol. The van der Waals surface area contributed by atoms with Gasteiger partial charge in [0.2, 0.25) is 0 Å². The quantitative estimate of drug-likeness (QED) is 0.489. The number of hydrogen-bond donors (Lipinski definition) is 0. The maximum atomic E-state index is 12.9. The topological polar surface area (TPSA) is 0 Å². The molecular formula is C9H11F. The van der Waals surface area contributed by atoms with E-state index in [1.54, 1.807) is 6.08 Å². The van der Waals surface area contributed by atoms with Crippen LogP contribution in [-0.2, 0) is 0 Å². The molecule has 2 aliphatic carbocycles. The Morgan fingerprint density at radius 3 is 2.80 bits per heavy atom. The van der Waals surface area contributed by atoms with Gasteiger partial charge in [-0.15, -0.1) is 0 Å². The number of rotatable bonds is 1. The summed E-state index contributed by atoms with van der Waals surface area (Å²) in [6, 6.07) is 0. The molecule has 1 saturated carbocycles.